The van der Waals surface area contributed by atoms with Gasteiger partial charge < -0.3 is 10.2 Å². The molecule has 2 heterocycles. The summed E-state index contributed by atoms with van der Waals surface area (Å²) in [6.07, 6.45) is 9.05. The zero-order chi connectivity index (χ0) is 20.0. The summed E-state index contributed by atoms with van der Waals surface area (Å²) >= 11 is 0. The lowest BCUT2D eigenvalue weighted by Crippen LogP contribution is -3.13. The number of hydrogen-bond donors (Lipinski definition) is 2. The van der Waals surface area contributed by atoms with Crippen LogP contribution >= 0.6 is 0 Å². The van der Waals surface area contributed by atoms with Crippen LogP contribution in [0.2, 0.25) is 0 Å². The van der Waals surface area contributed by atoms with Gasteiger partial charge in [0.2, 0.25) is 10.0 Å². The van der Waals surface area contributed by atoms with Gasteiger partial charge in [-0.1, -0.05) is 18.9 Å². The molecule has 28 heavy (non-hydrogen) atoms. The first-order valence-electron chi connectivity index (χ1n) is 10.7. The third-order valence-corrected chi connectivity index (χ3v) is 7.92. The van der Waals surface area contributed by atoms with Gasteiger partial charge in [-0.3, -0.25) is 4.79 Å². The Kier molecular flexibility index (Phi) is 7.48. The molecule has 1 aromatic rings. The molecule has 2 N–H and O–H groups in total. The van der Waals surface area contributed by atoms with Crippen molar-refractivity contribution in [2.24, 2.45) is 0 Å². The molecule has 2 aliphatic heterocycles. The van der Waals surface area contributed by atoms with Gasteiger partial charge in [0.1, 0.15) is 0 Å². The Balaban J connectivity index is 1.67. The minimum absolute atomic E-state index is 0.0410. The number of piperidine rings is 1. The number of quaternary nitrogens is 1. The predicted octanol–water partition coefficient (Wildman–Crippen LogP) is 1.96. The van der Waals surface area contributed by atoms with Crippen LogP contribution in [0.4, 0.5) is 5.69 Å². The van der Waals surface area contributed by atoms with Gasteiger partial charge in [0.15, 0.2) is 6.54 Å². The van der Waals surface area contributed by atoms with Crippen LogP contribution in [0.15, 0.2) is 23.1 Å². The van der Waals surface area contributed by atoms with Crippen molar-refractivity contribution in [1.29, 1.82) is 0 Å². The summed E-state index contributed by atoms with van der Waals surface area (Å²) in [5, 5.41) is 2.93. The summed E-state index contributed by atoms with van der Waals surface area (Å²) in [5.41, 5.74) is 1.29. The Labute approximate surface area is 169 Å². The maximum Gasteiger partial charge on any atom is 0.279 e. The number of amides is 1. The van der Waals surface area contributed by atoms with E-state index >= 15 is 0 Å². The van der Waals surface area contributed by atoms with Crippen LogP contribution in [-0.4, -0.2) is 51.4 Å². The largest absolute Gasteiger partial charge is 0.327 e. The molecule has 3 rings (SSSR count). The highest BCUT2D eigenvalue weighted by Crippen LogP contribution is 2.26. The minimum Gasteiger partial charge on any atom is -0.327 e. The third-order valence-electron chi connectivity index (χ3n) is 5.88. The molecule has 0 saturated carbocycles. The predicted molar refractivity (Wildman–Crippen MR) is 111 cm³/mol. The zero-order valence-electron chi connectivity index (χ0n) is 17.0. The Morgan fingerprint density at radius 2 is 1.61 bits per heavy atom. The van der Waals surface area contributed by atoms with Crippen molar-refractivity contribution in [2.45, 2.75) is 63.2 Å². The molecular formula is C21H34N3O3S+. The molecule has 2 fully saturated rings. The van der Waals surface area contributed by atoms with Crippen molar-refractivity contribution >= 4 is 21.6 Å². The SMILES string of the molecule is Cc1ccc(NC(=O)C[NH+]2CCCCCCC2)cc1S(=O)(=O)N1CCCCC1. The van der Waals surface area contributed by atoms with Crippen LogP contribution in [0.3, 0.4) is 0 Å². The first-order chi connectivity index (χ1) is 13.5. The number of nitrogens with one attached hydrogen (secondary N) is 2. The number of likely N-dealkylation sites (tertiary alicyclic amines) is 1. The second-order valence-corrected chi connectivity index (χ2v) is 10.1. The summed E-state index contributed by atoms with van der Waals surface area (Å²) in [6, 6.07) is 5.21. The highest BCUT2D eigenvalue weighted by molar-refractivity contribution is 7.89. The fourth-order valence-corrected chi connectivity index (χ4v) is 5.98. The van der Waals surface area contributed by atoms with Crippen molar-refractivity contribution < 1.29 is 18.1 Å². The summed E-state index contributed by atoms with van der Waals surface area (Å²) in [7, 11) is -3.51. The van der Waals surface area contributed by atoms with Crippen LogP contribution < -0.4 is 10.2 Å². The van der Waals surface area contributed by atoms with E-state index in [1.807, 2.05) is 6.92 Å². The Morgan fingerprint density at radius 1 is 1.00 bits per heavy atom. The molecule has 1 amide bonds. The summed E-state index contributed by atoms with van der Waals surface area (Å²) in [4.78, 5) is 14.2. The molecule has 6 nitrogen and oxygen atoms in total. The smallest absolute Gasteiger partial charge is 0.279 e. The lowest BCUT2D eigenvalue weighted by Gasteiger charge is -2.26. The number of rotatable bonds is 5. The van der Waals surface area contributed by atoms with Crippen molar-refractivity contribution in [1.82, 2.24) is 4.31 Å². The second kappa shape index (κ2) is 9.85. The average Bonchev–Trinajstić information content (AvgIpc) is 2.66. The number of nitrogens with zero attached hydrogens (tertiary/aromatic N) is 1. The van der Waals surface area contributed by atoms with Crippen LogP contribution in [-0.2, 0) is 14.8 Å². The van der Waals surface area contributed by atoms with E-state index in [4.69, 9.17) is 0 Å². The van der Waals surface area contributed by atoms with Crippen molar-refractivity contribution in [2.75, 3.05) is 38.0 Å². The number of carbonyl (C=O) groups is 1. The molecule has 0 radical (unpaired) electrons. The molecule has 156 valence electrons. The number of anilines is 1. The van der Waals surface area contributed by atoms with Crippen LogP contribution in [0.5, 0.6) is 0 Å². The van der Waals surface area contributed by atoms with E-state index in [9.17, 15) is 13.2 Å². The molecule has 0 aliphatic carbocycles. The van der Waals surface area contributed by atoms with E-state index in [1.54, 1.807) is 22.5 Å². The highest BCUT2D eigenvalue weighted by atomic mass is 32.2. The maximum atomic E-state index is 13.0. The Hall–Kier alpha value is -1.44. The third kappa shape index (κ3) is 5.55. The average molecular weight is 409 g/mol. The van der Waals surface area contributed by atoms with Gasteiger partial charge in [-0.25, -0.2) is 8.42 Å². The summed E-state index contributed by atoms with van der Waals surface area (Å²) in [6.45, 7) is 5.49. The van der Waals surface area contributed by atoms with Gasteiger partial charge in [-0.15, -0.1) is 0 Å². The minimum atomic E-state index is -3.51. The topological polar surface area (TPSA) is 70.9 Å². The van der Waals surface area contributed by atoms with E-state index in [-0.39, 0.29) is 5.91 Å². The molecule has 1 aromatic carbocycles. The van der Waals surface area contributed by atoms with E-state index in [2.05, 4.69) is 5.32 Å². The van der Waals surface area contributed by atoms with Crippen molar-refractivity contribution in [3.63, 3.8) is 0 Å². The van der Waals surface area contributed by atoms with Gasteiger partial charge in [0.25, 0.3) is 5.91 Å². The molecule has 0 aromatic heterocycles. The monoisotopic (exact) mass is 408 g/mol. The number of aryl methyl sites for hydroxylation is 1. The van der Waals surface area contributed by atoms with Crippen LogP contribution in [0.25, 0.3) is 0 Å². The second-order valence-electron chi connectivity index (χ2n) is 8.19. The fourth-order valence-electron chi connectivity index (χ4n) is 4.21. The number of benzene rings is 1. The van der Waals surface area contributed by atoms with Gasteiger partial charge in [-0.2, -0.15) is 4.31 Å². The standard InChI is InChI=1S/C21H33N3O3S/c1-18-10-11-19(16-20(18)28(26,27)24-14-8-5-9-15-24)22-21(25)17-23-12-6-3-2-4-7-13-23/h10-11,16H,2-9,12-15,17H2,1H3,(H,22,25)/p+1. The maximum absolute atomic E-state index is 13.0. The van der Waals surface area contributed by atoms with Crippen molar-refractivity contribution in [3.05, 3.63) is 23.8 Å². The normalized spacial score (nSPS) is 20.3. The number of hydrogen-bond acceptors (Lipinski definition) is 3. The molecule has 0 atom stereocenters. The summed E-state index contributed by atoms with van der Waals surface area (Å²) in [5.74, 6) is -0.0410. The van der Waals surface area contributed by atoms with Gasteiger partial charge in [0, 0.05) is 18.8 Å². The molecule has 2 aliphatic rings. The Bertz CT molecular complexity index is 765. The van der Waals surface area contributed by atoms with E-state index in [0.29, 0.717) is 30.2 Å². The quantitative estimate of drug-likeness (QED) is 0.782. The molecule has 7 heteroatoms. The molecule has 0 unspecified atom stereocenters. The fraction of sp³-hybridized carbons (Fsp3) is 0.667. The molecule has 0 bridgehead atoms. The van der Waals surface area contributed by atoms with E-state index in [0.717, 1.165) is 37.9 Å². The van der Waals surface area contributed by atoms with Gasteiger partial charge >= 0.3 is 0 Å². The van der Waals surface area contributed by atoms with Crippen LogP contribution in [0, 0.1) is 6.92 Å². The number of sulfonamides is 1. The zero-order valence-corrected chi connectivity index (χ0v) is 17.8. The lowest BCUT2D eigenvalue weighted by atomic mass is 10.1. The highest BCUT2D eigenvalue weighted by Gasteiger charge is 2.27. The lowest BCUT2D eigenvalue weighted by molar-refractivity contribution is -0.892. The number of carbonyl (C=O) groups excluding carboxylic acids is 1. The van der Waals surface area contributed by atoms with E-state index in [1.165, 1.54) is 37.0 Å². The first-order valence-corrected chi connectivity index (χ1v) is 12.1. The molecular weight excluding hydrogens is 374 g/mol. The van der Waals surface area contributed by atoms with Crippen LogP contribution in [0.1, 0.15) is 56.9 Å². The van der Waals surface area contributed by atoms with Gasteiger partial charge in [0.05, 0.1) is 18.0 Å². The molecule has 2 saturated heterocycles. The summed E-state index contributed by atoms with van der Waals surface area (Å²) < 4.78 is 27.7. The van der Waals surface area contributed by atoms with Crippen molar-refractivity contribution in [3.8, 4) is 0 Å². The molecule has 0 spiro atoms. The van der Waals surface area contributed by atoms with E-state index < -0.39 is 10.0 Å². The van der Waals surface area contributed by atoms with Gasteiger partial charge in [-0.05, 0) is 63.1 Å². The Morgan fingerprint density at radius 3 is 2.29 bits per heavy atom. The first kappa shape index (κ1) is 21.3.